The second-order valence-corrected chi connectivity index (χ2v) is 3.85. The predicted octanol–water partition coefficient (Wildman–Crippen LogP) is 2.12. The third-order valence-electron chi connectivity index (χ3n) is 1.46. The lowest BCUT2D eigenvalue weighted by Crippen LogP contribution is -2.30. The molecule has 1 aromatic rings. The number of halogens is 2. The van der Waals surface area contributed by atoms with Gasteiger partial charge in [-0.15, -0.1) is 0 Å². The molecule has 1 N–H and O–H groups in total. The lowest BCUT2D eigenvalue weighted by molar-refractivity contribution is 0.0938. The average molecular weight is 261 g/mol. The molecule has 0 saturated carbocycles. The van der Waals surface area contributed by atoms with Crippen LogP contribution < -0.4 is 5.32 Å². The summed E-state index contributed by atoms with van der Waals surface area (Å²) in [5.74, 6) is -0.785. The van der Waals surface area contributed by atoms with Crippen LogP contribution in [-0.4, -0.2) is 16.9 Å². The smallest absolute Gasteiger partial charge is 0.270 e. The lowest BCUT2D eigenvalue weighted by atomic mass is 10.3. The number of rotatable bonds is 2. The van der Waals surface area contributed by atoms with Gasteiger partial charge in [0.2, 0.25) is 0 Å². The van der Waals surface area contributed by atoms with Gasteiger partial charge in [0.15, 0.2) is 5.82 Å². The van der Waals surface area contributed by atoms with Gasteiger partial charge in [-0.2, -0.15) is 0 Å². The van der Waals surface area contributed by atoms with E-state index in [2.05, 4.69) is 26.2 Å². The van der Waals surface area contributed by atoms with E-state index in [1.54, 1.807) is 0 Å². The van der Waals surface area contributed by atoms with E-state index in [0.29, 0.717) is 0 Å². The molecule has 0 unspecified atom stereocenters. The SMILES string of the molecule is CC(C)NC(=O)c1ccc(F)c(Br)n1. The molecule has 76 valence electrons. The molecule has 0 saturated heterocycles. The van der Waals surface area contributed by atoms with Gasteiger partial charge in [0.25, 0.3) is 5.91 Å². The molecular weight excluding hydrogens is 251 g/mol. The van der Waals surface area contributed by atoms with Crippen molar-refractivity contribution in [1.82, 2.24) is 10.3 Å². The topological polar surface area (TPSA) is 42.0 Å². The van der Waals surface area contributed by atoms with E-state index < -0.39 is 5.82 Å². The molecule has 0 aliphatic heterocycles. The van der Waals surface area contributed by atoms with Crippen LogP contribution in [0.3, 0.4) is 0 Å². The summed E-state index contributed by atoms with van der Waals surface area (Å²) < 4.78 is 12.8. The highest BCUT2D eigenvalue weighted by Crippen LogP contribution is 2.12. The van der Waals surface area contributed by atoms with Gasteiger partial charge in [0, 0.05) is 6.04 Å². The molecule has 0 aromatic carbocycles. The Bertz CT molecular complexity index is 355. The van der Waals surface area contributed by atoms with E-state index in [1.807, 2.05) is 13.8 Å². The number of aromatic nitrogens is 1. The van der Waals surface area contributed by atoms with Crippen molar-refractivity contribution in [3.63, 3.8) is 0 Å². The second-order valence-electron chi connectivity index (χ2n) is 3.10. The van der Waals surface area contributed by atoms with Crippen molar-refractivity contribution in [2.24, 2.45) is 0 Å². The molecule has 0 atom stereocenters. The van der Waals surface area contributed by atoms with Gasteiger partial charge in [-0.3, -0.25) is 4.79 Å². The van der Waals surface area contributed by atoms with E-state index in [1.165, 1.54) is 12.1 Å². The quantitative estimate of drug-likeness (QED) is 0.828. The molecule has 1 heterocycles. The highest BCUT2D eigenvalue weighted by molar-refractivity contribution is 9.10. The van der Waals surface area contributed by atoms with Crippen LogP contribution in [0.4, 0.5) is 4.39 Å². The lowest BCUT2D eigenvalue weighted by Gasteiger charge is -2.07. The normalized spacial score (nSPS) is 10.4. The molecule has 3 nitrogen and oxygen atoms in total. The van der Waals surface area contributed by atoms with E-state index >= 15 is 0 Å². The first kappa shape index (κ1) is 11.1. The second kappa shape index (κ2) is 4.50. The van der Waals surface area contributed by atoms with Crippen LogP contribution in [-0.2, 0) is 0 Å². The van der Waals surface area contributed by atoms with Crippen molar-refractivity contribution in [2.45, 2.75) is 19.9 Å². The fourth-order valence-electron chi connectivity index (χ4n) is 0.880. The maximum Gasteiger partial charge on any atom is 0.270 e. The number of amides is 1. The summed E-state index contributed by atoms with van der Waals surface area (Å²) in [4.78, 5) is 15.2. The molecule has 1 rings (SSSR count). The Hall–Kier alpha value is -0.970. The zero-order chi connectivity index (χ0) is 10.7. The molecule has 5 heteroatoms. The Morgan fingerprint density at radius 3 is 2.71 bits per heavy atom. The number of nitrogens with one attached hydrogen (secondary N) is 1. The predicted molar refractivity (Wildman–Crippen MR) is 54.5 cm³/mol. The number of hydrogen-bond donors (Lipinski definition) is 1. The molecule has 1 aromatic heterocycles. The van der Waals surface area contributed by atoms with Crippen molar-refractivity contribution in [1.29, 1.82) is 0 Å². The van der Waals surface area contributed by atoms with Crippen molar-refractivity contribution < 1.29 is 9.18 Å². The van der Waals surface area contributed by atoms with Gasteiger partial charge >= 0.3 is 0 Å². The highest BCUT2D eigenvalue weighted by Gasteiger charge is 2.10. The summed E-state index contributed by atoms with van der Waals surface area (Å²) in [6.07, 6.45) is 0. The Labute approximate surface area is 89.9 Å². The van der Waals surface area contributed by atoms with Gasteiger partial charge in [-0.1, -0.05) is 0 Å². The Kier molecular flexibility index (Phi) is 3.57. The van der Waals surface area contributed by atoms with Gasteiger partial charge < -0.3 is 5.32 Å². The van der Waals surface area contributed by atoms with E-state index in [0.717, 1.165) is 0 Å². The maximum absolute atomic E-state index is 12.8. The third-order valence-corrected chi connectivity index (χ3v) is 2.01. The maximum atomic E-state index is 12.8. The largest absolute Gasteiger partial charge is 0.349 e. The summed E-state index contributed by atoms with van der Waals surface area (Å²) in [7, 11) is 0. The molecule has 0 radical (unpaired) electrons. The van der Waals surface area contributed by atoms with Gasteiger partial charge in [0.1, 0.15) is 10.3 Å². The minimum atomic E-state index is -0.480. The number of nitrogens with zero attached hydrogens (tertiary/aromatic N) is 1. The first-order chi connectivity index (χ1) is 6.50. The number of carbonyl (C=O) groups excluding carboxylic acids is 1. The number of carbonyl (C=O) groups is 1. The first-order valence-electron chi connectivity index (χ1n) is 4.13. The molecule has 0 fully saturated rings. The van der Waals surface area contributed by atoms with Crippen LogP contribution in [0, 0.1) is 5.82 Å². The summed E-state index contributed by atoms with van der Waals surface area (Å²) >= 11 is 2.91. The third kappa shape index (κ3) is 2.77. The number of hydrogen-bond acceptors (Lipinski definition) is 2. The Balaban J connectivity index is 2.86. The Morgan fingerprint density at radius 2 is 2.21 bits per heavy atom. The fourth-order valence-corrected chi connectivity index (χ4v) is 1.20. The fraction of sp³-hybridized carbons (Fsp3) is 0.333. The minimum absolute atomic E-state index is 0.0353. The van der Waals surface area contributed by atoms with Crippen molar-refractivity contribution in [3.8, 4) is 0 Å². The van der Waals surface area contributed by atoms with E-state index in [9.17, 15) is 9.18 Å². The van der Waals surface area contributed by atoms with Gasteiger partial charge in [-0.05, 0) is 41.9 Å². The van der Waals surface area contributed by atoms with Crippen LogP contribution in [0.15, 0.2) is 16.7 Å². The van der Waals surface area contributed by atoms with Crippen molar-refractivity contribution in [3.05, 3.63) is 28.2 Å². The molecule has 0 spiro atoms. The van der Waals surface area contributed by atoms with Gasteiger partial charge in [-0.25, -0.2) is 9.37 Å². The van der Waals surface area contributed by atoms with Crippen LogP contribution in [0.2, 0.25) is 0 Å². The van der Waals surface area contributed by atoms with Crippen LogP contribution in [0.25, 0.3) is 0 Å². The first-order valence-corrected chi connectivity index (χ1v) is 4.93. The summed E-state index contributed by atoms with van der Waals surface area (Å²) in [6.45, 7) is 3.69. The summed E-state index contributed by atoms with van der Waals surface area (Å²) in [6, 6.07) is 2.58. The zero-order valence-electron chi connectivity index (χ0n) is 7.84. The Morgan fingerprint density at radius 1 is 1.57 bits per heavy atom. The highest BCUT2D eigenvalue weighted by atomic mass is 79.9. The molecular formula is C9H10BrFN2O. The summed E-state index contributed by atoms with van der Waals surface area (Å²) in [5.41, 5.74) is 0.201. The molecule has 0 bridgehead atoms. The van der Waals surface area contributed by atoms with Crippen LogP contribution in [0.5, 0.6) is 0 Å². The molecule has 14 heavy (non-hydrogen) atoms. The summed E-state index contributed by atoms with van der Waals surface area (Å²) in [5, 5.41) is 2.66. The molecule has 0 aliphatic rings. The van der Waals surface area contributed by atoms with Crippen LogP contribution >= 0.6 is 15.9 Å². The van der Waals surface area contributed by atoms with E-state index in [-0.39, 0.29) is 22.2 Å². The van der Waals surface area contributed by atoms with Gasteiger partial charge in [0.05, 0.1) is 0 Å². The van der Waals surface area contributed by atoms with Crippen molar-refractivity contribution in [2.75, 3.05) is 0 Å². The monoisotopic (exact) mass is 260 g/mol. The van der Waals surface area contributed by atoms with Crippen LogP contribution in [0.1, 0.15) is 24.3 Å². The standard InChI is InChI=1S/C9H10BrFN2O/c1-5(2)12-9(14)7-4-3-6(11)8(10)13-7/h3-5H,1-2H3,(H,12,14). The minimum Gasteiger partial charge on any atom is -0.349 e. The number of pyridine rings is 1. The van der Waals surface area contributed by atoms with E-state index in [4.69, 9.17) is 0 Å². The zero-order valence-corrected chi connectivity index (χ0v) is 9.43. The van der Waals surface area contributed by atoms with Crippen molar-refractivity contribution >= 4 is 21.8 Å². The molecule has 0 aliphatic carbocycles. The average Bonchev–Trinajstić information content (AvgIpc) is 2.08. The molecule has 1 amide bonds.